The van der Waals surface area contributed by atoms with Crippen LogP contribution < -0.4 is 4.90 Å². The van der Waals surface area contributed by atoms with Crippen molar-refractivity contribution in [3.63, 3.8) is 0 Å². The summed E-state index contributed by atoms with van der Waals surface area (Å²) in [5.41, 5.74) is 3.06. The third-order valence-electron chi connectivity index (χ3n) is 5.35. The van der Waals surface area contributed by atoms with E-state index in [-0.39, 0.29) is 11.6 Å². The summed E-state index contributed by atoms with van der Waals surface area (Å²) in [5, 5.41) is 7.52. The van der Waals surface area contributed by atoms with Crippen LogP contribution in [0.1, 0.15) is 41.0 Å². The molecule has 0 atom stereocenters. The average Bonchev–Trinajstić information content (AvgIpc) is 3.24. The van der Waals surface area contributed by atoms with Gasteiger partial charge in [-0.1, -0.05) is 5.16 Å². The predicted molar refractivity (Wildman–Crippen MR) is 115 cm³/mol. The van der Waals surface area contributed by atoms with Crippen LogP contribution in [0.25, 0.3) is 11.3 Å². The largest absolute Gasteiger partial charge is 0.408 e. The minimum atomic E-state index is -4.42. The van der Waals surface area contributed by atoms with Crippen molar-refractivity contribution in [1.29, 1.82) is 0 Å². The summed E-state index contributed by atoms with van der Waals surface area (Å²) in [4.78, 5) is 28.5. The van der Waals surface area contributed by atoms with Crippen LogP contribution in [0.15, 0.2) is 42.1 Å². The predicted octanol–water partition coefficient (Wildman–Crippen LogP) is 4.09. The Balaban J connectivity index is 1.75. The van der Waals surface area contributed by atoms with Gasteiger partial charge in [0, 0.05) is 29.7 Å². The number of amides is 1. The molecule has 4 heterocycles. The van der Waals surface area contributed by atoms with Gasteiger partial charge in [0.2, 0.25) is 0 Å². The highest BCUT2D eigenvalue weighted by atomic mass is 19.4. The number of carbonyl (C=O) groups is 1. The highest BCUT2D eigenvalue weighted by molar-refractivity contribution is 6.12. The zero-order valence-electron chi connectivity index (χ0n) is 18.4. The molecule has 3 aromatic heterocycles. The molecule has 0 bridgehead atoms. The fraction of sp³-hybridized carbons (Fsp3) is 0.318. The first-order valence-electron chi connectivity index (χ1n) is 9.99. The van der Waals surface area contributed by atoms with E-state index in [1.165, 1.54) is 30.6 Å². The number of halogens is 3. The summed E-state index contributed by atoms with van der Waals surface area (Å²) < 4.78 is 39.0. The lowest BCUT2D eigenvalue weighted by atomic mass is 9.96. The molecule has 0 fully saturated rings. The zero-order valence-corrected chi connectivity index (χ0v) is 18.4. The number of nitrogens with zero attached hydrogens (tertiary/aromatic N) is 6. The van der Waals surface area contributed by atoms with Crippen molar-refractivity contribution in [3.05, 3.63) is 59.3 Å². The van der Waals surface area contributed by atoms with Gasteiger partial charge in [-0.25, -0.2) is 4.98 Å². The maximum absolute atomic E-state index is 13.3. The molecular formula is C22H21F3N6O2. The van der Waals surface area contributed by atoms with Gasteiger partial charge < -0.3 is 4.84 Å². The summed E-state index contributed by atoms with van der Waals surface area (Å²) in [5.74, 6) is -0.336. The van der Waals surface area contributed by atoms with E-state index in [0.29, 0.717) is 28.1 Å². The Labute approximate surface area is 187 Å². The third-order valence-corrected chi connectivity index (χ3v) is 5.35. The molecule has 8 nitrogen and oxygen atoms in total. The maximum atomic E-state index is 13.3. The van der Waals surface area contributed by atoms with Crippen molar-refractivity contribution < 1.29 is 22.8 Å². The summed E-state index contributed by atoms with van der Waals surface area (Å²) >= 11 is 0. The lowest BCUT2D eigenvalue weighted by Gasteiger charge is -2.30. The Morgan fingerprint density at radius 2 is 1.97 bits per heavy atom. The summed E-state index contributed by atoms with van der Waals surface area (Å²) in [7, 11) is 1.44. The fourth-order valence-electron chi connectivity index (χ4n) is 3.97. The summed E-state index contributed by atoms with van der Waals surface area (Å²) in [6.07, 6.45) is 2.86. The molecule has 0 radical (unpaired) electrons. The molecule has 0 N–H and O–H groups in total. The molecule has 0 saturated heterocycles. The Bertz CT molecular complexity index is 1250. The number of aromatic nitrogens is 4. The van der Waals surface area contributed by atoms with Crippen molar-refractivity contribution in [3.8, 4) is 11.3 Å². The first kappa shape index (κ1) is 22.4. The van der Waals surface area contributed by atoms with Gasteiger partial charge in [0.1, 0.15) is 13.7 Å². The Morgan fingerprint density at radius 3 is 2.67 bits per heavy atom. The number of fused-ring (bicyclic) bond motifs is 1. The number of aryl methyl sites for hydroxylation is 1. The number of hydrogen-bond donors (Lipinski definition) is 0. The Hall–Kier alpha value is -3.76. The number of oxime groups is 1. The molecule has 0 saturated carbocycles. The van der Waals surface area contributed by atoms with Gasteiger partial charge in [0.15, 0.2) is 0 Å². The van der Waals surface area contributed by atoms with Crippen LogP contribution in [0.5, 0.6) is 0 Å². The maximum Gasteiger partial charge on any atom is 0.408 e. The van der Waals surface area contributed by atoms with Crippen molar-refractivity contribution >= 4 is 17.8 Å². The molecule has 1 aliphatic heterocycles. The van der Waals surface area contributed by atoms with E-state index in [2.05, 4.69) is 15.2 Å². The molecule has 0 aliphatic carbocycles. The van der Waals surface area contributed by atoms with E-state index in [1.54, 1.807) is 39.2 Å². The molecule has 1 aliphatic rings. The van der Waals surface area contributed by atoms with E-state index in [0.717, 1.165) is 10.2 Å². The Kier molecular flexibility index (Phi) is 5.43. The second-order valence-electron chi connectivity index (χ2n) is 8.18. The van der Waals surface area contributed by atoms with Gasteiger partial charge in [-0.3, -0.25) is 19.4 Å². The first-order chi connectivity index (χ1) is 15.5. The lowest BCUT2D eigenvalue weighted by Crippen LogP contribution is -2.39. The van der Waals surface area contributed by atoms with Gasteiger partial charge in [-0.15, -0.1) is 0 Å². The minimum Gasteiger partial charge on any atom is -0.399 e. The van der Waals surface area contributed by atoms with Gasteiger partial charge in [0.25, 0.3) is 5.91 Å². The number of anilines is 1. The molecule has 33 heavy (non-hydrogen) atoms. The number of alkyl halides is 3. The number of carbonyl (C=O) groups excluding carboxylic acids is 1. The van der Waals surface area contributed by atoms with Crippen LogP contribution in [0, 0.1) is 6.92 Å². The van der Waals surface area contributed by atoms with E-state index >= 15 is 0 Å². The number of pyridine rings is 2. The summed E-state index contributed by atoms with van der Waals surface area (Å²) in [6, 6.07) is 3.63. The molecule has 1 amide bonds. The van der Waals surface area contributed by atoms with E-state index < -0.39 is 18.3 Å². The van der Waals surface area contributed by atoms with E-state index in [9.17, 15) is 18.0 Å². The second kappa shape index (κ2) is 7.98. The second-order valence-corrected chi connectivity index (χ2v) is 8.18. The number of hydrogen-bond acceptors (Lipinski definition) is 6. The molecule has 0 aromatic carbocycles. The van der Waals surface area contributed by atoms with Gasteiger partial charge in [-0.05, 0) is 38.5 Å². The van der Waals surface area contributed by atoms with Crippen LogP contribution in [-0.4, -0.2) is 45.2 Å². The normalized spacial score (nSPS) is 15.4. The fourth-order valence-corrected chi connectivity index (χ4v) is 3.97. The zero-order chi connectivity index (χ0) is 24.0. The van der Waals surface area contributed by atoms with Crippen molar-refractivity contribution in [2.24, 2.45) is 5.16 Å². The van der Waals surface area contributed by atoms with E-state index in [4.69, 9.17) is 9.82 Å². The van der Waals surface area contributed by atoms with Crippen LogP contribution in [-0.2, 0) is 16.9 Å². The highest BCUT2D eigenvalue weighted by Gasteiger charge is 2.47. The van der Waals surface area contributed by atoms with Crippen LogP contribution in [0.4, 0.5) is 18.9 Å². The van der Waals surface area contributed by atoms with Gasteiger partial charge in [0.05, 0.1) is 40.6 Å². The SMILES string of the molecule is CON=Cc1cncc(-c2cc(C)c3c(n2)C(C)(C)N(c2cnn(CC(F)(F)F)c2)C3=O)c1. The van der Waals surface area contributed by atoms with Crippen LogP contribution in [0.3, 0.4) is 0 Å². The Morgan fingerprint density at radius 1 is 1.21 bits per heavy atom. The molecule has 0 unspecified atom stereocenters. The third kappa shape index (κ3) is 4.18. The molecule has 0 spiro atoms. The smallest absolute Gasteiger partial charge is 0.399 e. The molecule has 172 valence electrons. The first-order valence-corrected chi connectivity index (χ1v) is 9.99. The standard InChI is InChI=1S/C22H21F3N6O2/c1-13-5-17(15-6-14(7-26-9-15)8-28-33-4)29-19-18(13)20(32)31(21(19,2)3)16-10-27-30(11-16)12-22(23,24)25/h5-11H,12H2,1-4H3. The number of rotatable bonds is 5. The molecular weight excluding hydrogens is 437 g/mol. The monoisotopic (exact) mass is 458 g/mol. The quantitative estimate of drug-likeness (QED) is 0.425. The lowest BCUT2D eigenvalue weighted by molar-refractivity contribution is -0.142. The van der Waals surface area contributed by atoms with Crippen LogP contribution >= 0.6 is 0 Å². The topological polar surface area (TPSA) is 85.5 Å². The van der Waals surface area contributed by atoms with Gasteiger partial charge in [-0.2, -0.15) is 18.3 Å². The summed E-state index contributed by atoms with van der Waals surface area (Å²) in [6.45, 7) is 4.17. The molecule has 4 rings (SSSR count). The van der Waals surface area contributed by atoms with E-state index in [1.807, 2.05) is 6.07 Å². The average molecular weight is 458 g/mol. The molecule has 3 aromatic rings. The van der Waals surface area contributed by atoms with Crippen molar-refractivity contribution in [1.82, 2.24) is 19.7 Å². The van der Waals surface area contributed by atoms with Crippen LogP contribution in [0.2, 0.25) is 0 Å². The highest BCUT2D eigenvalue weighted by Crippen LogP contribution is 2.43. The minimum absolute atomic E-state index is 0.271. The van der Waals surface area contributed by atoms with Crippen molar-refractivity contribution in [2.45, 2.75) is 39.0 Å². The van der Waals surface area contributed by atoms with Gasteiger partial charge >= 0.3 is 6.18 Å². The molecule has 11 heteroatoms. The van der Waals surface area contributed by atoms with Crippen molar-refractivity contribution in [2.75, 3.05) is 12.0 Å².